The van der Waals surface area contributed by atoms with E-state index < -0.39 is 21.7 Å². The molecule has 2 N–H and O–H groups in total. The molecule has 1 aliphatic heterocycles. The SMILES string of the molecule is NC(=O)c1ccc(COC(=O)CC2CCS(=O)(=O)C2)cc1. The molecule has 114 valence electrons. The Bertz CT molecular complexity index is 636. The molecule has 1 amide bonds. The van der Waals surface area contributed by atoms with E-state index in [0.29, 0.717) is 12.0 Å². The number of esters is 1. The maximum atomic E-state index is 11.7. The van der Waals surface area contributed by atoms with E-state index in [2.05, 4.69) is 0 Å². The van der Waals surface area contributed by atoms with Crippen molar-refractivity contribution in [2.45, 2.75) is 19.4 Å². The minimum absolute atomic E-state index is 0.0649. The molecule has 0 bridgehead atoms. The minimum atomic E-state index is -2.97. The number of carbonyl (C=O) groups excluding carboxylic acids is 2. The summed E-state index contributed by atoms with van der Waals surface area (Å²) in [6, 6.07) is 6.45. The van der Waals surface area contributed by atoms with E-state index in [1.807, 2.05) is 0 Å². The summed E-state index contributed by atoms with van der Waals surface area (Å²) < 4.78 is 27.7. The highest BCUT2D eigenvalue weighted by molar-refractivity contribution is 7.91. The number of nitrogens with two attached hydrogens (primary N) is 1. The molecule has 7 heteroatoms. The van der Waals surface area contributed by atoms with Crippen LogP contribution in [-0.2, 0) is 26.0 Å². The van der Waals surface area contributed by atoms with Crippen molar-refractivity contribution in [1.29, 1.82) is 0 Å². The summed E-state index contributed by atoms with van der Waals surface area (Å²) in [7, 11) is -2.97. The summed E-state index contributed by atoms with van der Waals surface area (Å²) in [5.74, 6) is -0.841. The predicted molar refractivity (Wildman–Crippen MR) is 76.1 cm³/mol. The van der Waals surface area contributed by atoms with Crippen molar-refractivity contribution in [3.63, 3.8) is 0 Å². The first kappa shape index (κ1) is 15.5. The standard InChI is InChI=1S/C14H17NO5S/c15-14(17)12-3-1-10(2-4-12)8-20-13(16)7-11-5-6-21(18,19)9-11/h1-4,11H,5-9H2,(H2,15,17). The normalized spacial score (nSPS) is 20.1. The van der Waals surface area contributed by atoms with Gasteiger partial charge in [-0.1, -0.05) is 12.1 Å². The molecule has 1 aromatic rings. The minimum Gasteiger partial charge on any atom is -0.461 e. The van der Waals surface area contributed by atoms with Crippen LogP contribution in [0.15, 0.2) is 24.3 Å². The molecule has 1 saturated heterocycles. The number of hydrogen-bond donors (Lipinski definition) is 1. The van der Waals surface area contributed by atoms with Crippen molar-refractivity contribution < 1.29 is 22.7 Å². The van der Waals surface area contributed by atoms with Crippen LogP contribution in [0.5, 0.6) is 0 Å². The maximum absolute atomic E-state index is 11.7. The van der Waals surface area contributed by atoms with E-state index in [1.165, 1.54) is 0 Å². The largest absolute Gasteiger partial charge is 0.461 e. The smallest absolute Gasteiger partial charge is 0.306 e. The lowest BCUT2D eigenvalue weighted by Crippen LogP contribution is -2.13. The second kappa shape index (κ2) is 6.26. The highest BCUT2D eigenvalue weighted by atomic mass is 32.2. The Morgan fingerprint density at radius 1 is 1.24 bits per heavy atom. The van der Waals surface area contributed by atoms with Crippen molar-refractivity contribution in [2.75, 3.05) is 11.5 Å². The second-order valence-electron chi connectivity index (χ2n) is 5.20. The van der Waals surface area contributed by atoms with Gasteiger partial charge in [0.15, 0.2) is 9.84 Å². The number of ether oxygens (including phenoxy) is 1. The maximum Gasteiger partial charge on any atom is 0.306 e. The van der Waals surface area contributed by atoms with Crippen molar-refractivity contribution in [1.82, 2.24) is 0 Å². The number of benzene rings is 1. The molecule has 1 atom stereocenters. The first-order valence-corrected chi connectivity index (χ1v) is 8.42. The van der Waals surface area contributed by atoms with E-state index in [1.54, 1.807) is 24.3 Å². The van der Waals surface area contributed by atoms with E-state index in [-0.39, 0.29) is 30.5 Å². The highest BCUT2D eigenvalue weighted by Crippen LogP contribution is 2.22. The number of hydrogen-bond acceptors (Lipinski definition) is 5. The number of rotatable bonds is 5. The molecule has 1 aromatic carbocycles. The summed E-state index contributed by atoms with van der Waals surface area (Å²) in [4.78, 5) is 22.6. The fraction of sp³-hybridized carbons (Fsp3) is 0.429. The van der Waals surface area contributed by atoms with Gasteiger partial charge in [-0.15, -0.1) is 0 Å². The Kier molecular flexibility index (Phi) is 4.62. The lowest BCUT2D eigenvalue weighted by molar-refractivity contribution is -0.145. The molecule has 1 fully saturated rings. The molecule has 0 radical (unpaired) electrons. The fourth-order valence-corrected chi connectivity index (χ4v) is 4.12. The van der Waals surface area contributed by atoms with Crippen LogP contribution in [0.25, 0.3) is 0 Å². The van der Waals surface area contributed by atoms with Crippen LogP contribution in [0, 0.1) is 5.92 Å². The van der Waals surface area contributed by atoms with Crippen LogP contribution in [0.2, 0.25) is 0 Å². The van der Waals surface area contributed by atoms with Crippen molar-refractivity contribution in [3.8, 4) is 0 Å². The van der Waals surface area contributed by atoms with Gasteiger partial charge < -0.3 is 10.5 Å². The molecule has 0 aromatic heterocycles. The van der Waals surface area contributed by atoms with E-state index in [0.717, 1.165) is 5.56 Å². The average molecular weight is 311 g/mol. The van der Waals surface area contributed by atoms with Crippen LogP contribution in [0.4, 0.5) is 0 Å². The fourth-order valence-electron chi connectivity index (χ4n) is 2.26. The van der Waals surface area contributed by atoms with Crippen LogP contribution in [0.1, 0.15) is 28.8 Å². The van der Waals surface area contributed by atoms with Crippen LogP contribution < -0.4 is 5.73 Å². The summed E-state index contributed by atoms with van der Waals surface area (Å²) in [6.07, 6.45) is 0.642. The van der Waals surface area contributed by atoms with Gasteiger partial charge in [-0.3, -0.25) is 9.59 Å². The van der Waals surface area contributed by atoms with E-state index >= 15 is 0 Å². The highest BCUT2D eigenvalue weighted by Gasteiger charge is 2.29. The van der Waals surface area contributed by atoms with Crippen LogP contribution >= 0.6 is 0 Å². The molecule has 1 aliphatic rings. The monoisotopic (exact) mass is 311 g/mol. The molecule has 21 heavy (non-hydrogen) atoms. The van der Waals surface area contributed by atoms with Gasteiger partial charge >= 0.3 is 5.97 Å². The van der Waals surface area contributed by atoms with Gasteiger partial charge in [0.05, 0.1) is 11.5 Å². The van der Waals surface area contributed by atoms with Gasteiger partial charge in [0.2, 0.25) is 5.91 Å². The zero-order valence-electron chi connectivity index (χ0n) is 11.4. The van der Waals surface area contributed by atoms with Crippen molar-refractivity contribution in [3.05, 3.63) is 35.4 Å². The lowest BCUT2D eigenvalue weighted by Gasteiger charge is -2.08. The van der Waals surface area contributed by atoms with Gasteiger partial charge in [-0.25, -0.2) is 8.42 Å². The molecule has 0 spiro atoms. The summed E-state index contributed by atoms with van der Waals surface area (Å²) in [5.41, 5.74) is 6.26. The first-order chi connectivity index (χ1) is 9.85. The Morgan fingerprint density at radius 2 is 1.90 bits per heavy atom. The third-order valence-electron chi connectivity index (χ3n) is 3.42. The Balaban J connectivity index is 1.80. The number of amides is 1. The zero-order chi connectivity index (χ0) is 15.5. The number of sulfone groups is 1. The second-order valence-corrected chi connectivity index (χ2v) is 7.42. The third-order valence-corrected chi connectivity index (χ3v) is 5.26. The average Bonchev–Trinajstić information content (AvgIpc) is 2.76. The molecule has 0 saturated carbocycles. The topological polar surface area (TPSA) is 104 Å². The van der Waals surface area contributed by atoms with Gasteiger partial charge in [0.25, 0.3) is 0 Å². The summed E-state index contributed by atoms with van der Waals surface area (Å²) in [5, 5.41) is 0. The van der Waals surface area contributed by atoms with Gasteiger partial charge in [0, 0.05) is 12.0 Å². The quantitative estimate of drug-likeness (QED) is 0.804. The van der Waals surface area contributed by atoms with Gasteiger partial charge in [-0.2, -0.15) is 0 Å². The number of carbonyl (C=O) groups is 2. The van der Waals surface area contributed by atoms with E-state index in [4.69, 9.17) is 10.5 Å². The van der Waals surface area contributed by atoms with Gasteiger partial charge in [0.1, 0.15) is 6.61 Å². The van der Waals surface area contributed by atoms with Crippen molar-refractivity contribution in [2.24, 2.45) is 11.7 Å². The van der Waals surface area contributed by atoms with Crippen LogP contribution in [0.3, 0.4) is 0 Å². The zero-order valence-corrected chi connectivity index (χ0v) is 12.3. The van der Waals surface area contributed by atoms with Gasteiger partial charge in [-0.05, 0) is 30.0 Å². The predicted octanol–water partition coefficient (Wildman–Crippen LogP) is 0.653. The Morgan fingerprint density at radius 3 is 2.43 bits per heavy atom. The lowest BCUT2D eigenvalue weighted by atomic mass is 10.1. The molecule has 1 unspecified atom stereocenters. The first-order valence-electron chi connectivity index (χ1n) is 6.60. The Hall–Kier alpha value is -1.89. The summed E-state index contributed by atoms with van der Waals surface area (Å²) in [6.45, 7) is 0.0946. The van der Waals surface area contributed by atoms with Crippen LogP contribution in [-0.4, -0.2) is 31.8 Å². The Labute approximate surface area is 123 Å². The van der Waals surface area contributed by atoms with E-state index in [9.17, 15) is 18.0 Å². The molecule has 6 nitrogen and oxygen atoms in total. The van der Waals surface area contributed by atoms with Crippen molar-refractivity contribution >= 4 is 21.7 Å². The molecule has 2 rings (SSSR count). The molecule has 1 heterocycles. The third kappa shape index (κ3) is 4.56. The molecular formula is C14H17NO5S. The number of primary amides is 1. The summed E-state index contributed by atoms with van der Waals surface area (Å²) >= 11 is 0. The molecular weight excluding hydrogens is 294 g/mol. The molecule has 0 aliphatic carbocycles.